The first-order valence-electron chi connectivity index (χ1n) is 7.04. The largest absolute Gasteiger partial charge is 0.480 e. The van der Waals surface area contributed by atoms with E-state index in [1.165, 1.54) is 18.3 Å². The number of carboxylic acid groups (broad SMARTS) is 1. The van der Waals surface area contributed by atoms with E-state index in [9.17, 15) is 14.4 Å². The number of hydrogen-bond acceptors (Lipinski definition) is 5. The highest BCUT2D eigenvalue weighted by Crippen LogP contribution is 2.35. The SMILES string of the molecule is C#CCCC1(CCNC(=O)c2cccn(CC(=O)O)c2=O)N=N1. The number of carbonyl (C=O) groups excluding carboxylic acids is 1. The van der Waals surface area contributed by atoms with Crippen molar-refractivity contribution in [1.29, 1.82) is 0 Å². The molecule has 120 valence electrons. The van der Waals surface area contributed by atoms with Crippen molar-refractivity contribution in [2.24, 2.45) is 10.2 Å². The van der Waals surface area contributed by atoms with Crippen molar-refractivity contribution >= 4 is 11.9 Å². The normalized spacial score (nSPS) is 14.0. The Morgan fingerprint density at radius 1 is 1.39 bits per heavy atom. The summed E-state index contributed by atoms with van der Waals surface area (Å²) in [4.78, 5) is 34.8. The summed E-state index contributed by atoms with van der Waals surface area (Å²) in [6.45, 7) is -0.198. The van der Waals surface area contributed by atoms with Crippen LogP contribution in [0.25, 0.3) is 0 Å². The number of rotatable bonds is 8. The Balaban J connectivity index is 1.93. The summed E-state index contributed by atoms with van der Waals surface area (Å²) in [5.41, 5.74) is -1.24. The first kappa shape index (κ1) is 16.4. The number of carbonyl (C=O) groups is 2. The molecule has 0 radical (unpaired) electrons. The van der Waals surface area contributed by atoms with Gasteiger partial charge in [0.05, 0.1) is 0 Å². The number of nitrogens with one attached hydrogen (secondary N) is 1. The zero-order valence-electron chi connectivity index (χ0n) is 12.4. The quantitative estimate of drug-likeness (QED) is 0.685. The van der Waals surface area contributed by atoms with E-state index in [1.54, 1.807) is 0 Å². The van der Waals surface area contributed by atoms with Crippen molar-refractivity contribution in [2.75, 3.05) is 6.54 Å². The topological polar surface area (TPSA) is 113 Å². The number of terminal acetylenes is 1. The third-order valence-corrected chi connectivity index (χ3v) is 3.43. The highest BCUT2D eigenvalue weighted by Gasteiger charge is 2.38. The zero-order chi connectivity index (χ0) is 16.9. The van der Waals surface area contributed by atoms with E-state index in [2.05, 4.69) is 21.5 Å². The second-order valence-corrected chi connectivity index (χ2v) is 5.14. The van der Waals surface area contributed by atoms with Gasteiger partial charge in [0.25, 0.3) is 11.5 Å². The zero-order valence-corrected chi connectivity index (χ0v) is 12.4. The fourth-order valence-corrected chi connectivity index (χ4v) is 2.12. The maximum atomic E-state index is 12.1. The van der Waals surface area contributed by atoms with Gasteiger partial charge in [-0.2, -0.15) is 10.2 Å². The van der Waals surface area contributed by atoms with Gasteiger partial charge < -0.3 is 15.0 Å². The molecule has 2 rings (SSSR count). The second-order valence-electron chi connectivity index (χ2n) is 5.14. The minimum Gasteiger partial charge on any atom is -0.480 e. The predicted octanol–water partition coefficient (Wildman–Crippen LogP) is 0.628. The molecule has 0 aromatic carbocycles. The molecule has 2 N–H and O–H groups in total. The average molecular weight is 316 g/mol. The maximum Gasteiger partial charge on any atom is 0.323 e. The molecule has 0 bridgehead atoms. The minimum atomic E-state index is -1.16. The summed E-state index contributed by atoms with van der Waals surface area (Å²) in [5.74, 6) is 0.810. The van der Waals surface area contributed by atoms with Gasteiger partial charge in [-0.15, -0.1) is 12.3 Å². The van der Waals surface area contributed by atoms with Gasteiger partial charge in [0.15, 0.2) is 5.66 Å². The lowest BCUT2D eigenvalue weighted by atomic mass is 10.0. The Morgan fingerprint density at radius 3 is 2.74 bits per heavy atom. The van der Waals surface area contributed by atoms with Crippen LogP contribution in [0, 0.1) is 12.3 Å². The monoisotopic (exact) mass is 316 g/mol. The fraction of sp³-hybridized carbons (Fsp3) is 0.400. The Hall–Kier alpha value is -2.95. The van der Waals surface area contributed by atoms with Crippen molar-refractivity contribution in [2.45, 2.75) is 31.5 Å². The van der Waals surface area contributed by atoms with E-state index in [0.717, 1.165) is 4.57 Å². The molecule has 2 heterocycles. The first-order chi connectivity index (χ1) is 11.0. The van der Waals surface area contributed by atoms with Gasteiger partial charge in [-0.25, -0.2) is 0 Å². The number of carboxylic acids is 1. The molecule has 1 amide bonds. The third-order valence-electron chi connectivity index (χ3n) is 3.43. The highest BCUT2D eigenvalue weighted by atomic mass is 16.4. The maximum absolute atomic E-state index is 12.1. The highest BCUT2D eigenvalue weighted by molar-refractivity contribution is 5.93. The molecular weight excluding hydrogens is 300 g/mol. The molecule has 1 aliphatic heterocycles. The number of aliphatic carboxylic acids is 1. The summed E-state index contributed by atoms with van der Waals surface area (Å²) in [6, 6.07) is 2.81. The molecule has 0 saturated carbocycles. The van der Waals surface area contributed by atoms with Crippen LogP contribution in [-0.4, -0.2) is 33.8 Å². The molecule has 8 nitrogen and oxygen atoms in total. The smallest absolute Gasteiger partial charge is 0.323 e. The third kappa shape index (κ3) is 4.26. The van der Waals surface area contributed by atoms with Gasteiger partial charge in [-0.05, 0) is 12.1 Å². The van der Waals surface area contributed by atoms with Gasteiger partial charge >= 0.3 is 5.97 Å². The first-order valence-corrected chi connectivity index (χ1v) is 7.04. The van der Waals surface area contributed by atoms with Crippen LogP contribution < -0.4 is 10.9 Å². The van der Waals surface area contributed by atoms with Gasteiger partial charge in [0.2, 0.25) is 0 Å². The summed E-state index contributed by atoms with van der Waals surface area (Å²) in [6.07, 6.45) is 8.22. The van der Waals surface area contributed by atoms with Crippen LogP contribution in [-0.2, 0) is 11.3 Å². The summed E-state index contributed by atoms with van der Waals surface area (Å²) in [5, 5.41) is 19.3. The van der Waals surface area contributed by atoms with Crippen molar-refractivity contribution in [3.05, 3.63) is 34.2 Å². The van der Waals surface area contributed by atoms with E-state index in [1.807, 2.05) is 0 Å². The Labute approximate surface area is 132 Å². The van der Waals surface area contributed by atoms with Crippen molar-refractivity contribution in [3.8, 4) is 12.3 Å². The summed E-state index contributed by atoms with van der Waals surface area (Å²) < 4.78 is 0.969. The van der Waals surface area contributed by atoms with E-state index in [4.69, 9.17) is 11.5 Å². The van der Waals surface area contributed by atoms with Crippen molar-refractivity contribution in [3.63, 3.8) is 0 Å². The van der Waals surface area contributed by atoms with Gasteiger partial charge in [-0.1, -0.05) is 0 Å². The second kappa shape index (κ2) is 6.87. The molecule has 1 aromatic rings. The lowest BCUT2D eigenvalue weighted by Crippen LogP contribution is -2.35. The average Bonchev–Trinajstić information content (AvgIpc) is 3.27. The predicted molar refractivity (Wildman–Crippen MR) is 80.9 cm³/mol. The number of hydrogen-bond donors (Lipinski definition) is 2. The Kier molecular flexibility index (Phi) is 4.91. The van der Waals surface area contributed by atoms with Gasteiger partial charge in [-0.3, -0.25) is 14.4 Å². The number of nitrogens with zero attached hydrogens (tertiary/aromatic N) is 3. The van der Waals surface area contributed by atoms with Crippen LogP contribution >= 0.6 is 0 Å². The van der Waals surface area contributed by atoms with Crippen molar-refractivity contribution in [1.82, 2.24) is 9.88 Å². The van der Waals surface area contributed by atoms with Crippen LogP contribution in [0.3, 0.4) is 0 Å². The molecule has 0 saturated heterocycles. The van der Waals surface area contributed by atoms with E-state index in [-0.39, 0.29) is 5.56 Å². The number of aromatic nitrogens is 1. The van der Waals surface area contributed by atoms with E-state index >= 15 is 0 Å². The molecule has 0 atom stereocenters. The fourth-order valence-electron chi connectivity index (χ4n) is 2.12. The van der Waals surface area contributed by atoms with Crippen LogP contribution in [0.4, 0.5) is 0 Å². The van der Waals surface area contributed by atoms with Crippen LogP contribution in [0.15, 0.2) is 33.4 Å². The van der Waals surface area contributed by atoms with Crippen LogP contribution in [0.5, 0.6) is 0 Å². The van der Waals surface area contributed by atoms with Crippen LogP contribution in [0.1, 0.15) is 29.6 Å². The summed E-state index contributed by atoms with van der Waals surface area (Å²) in [7, 11) is 0. The molecule has 0 unspecified atom stereocenters. The Morgan fingerprint density at radius 2 is 2.13 bits per heavy atom. The lowest BCUT2D eigenvalue weighted by Gasteiger charge is -2.10. The lowest BCUT2D eigenvalue weighted by molar-refractivity contribution is -0.137. The minimum absolute atomic E-state index is 0.101. The van der Waals surface area contributed by atoms with E-state index < -0.39 is 29.6 Å². The standard InChI is InChI=1S/C15H16N4O4/c1-2-3-6-15(17-18-15)7-8-16-13(22)11-5-4-9-19(14(11)23)10-12(20)21/h1,4-5,9H,3,6-8,10H2,(H,16,22)(H,20,21). The van der Waals surface area contributed by atoms with Crippen molar-refractivity contribution < 1.29 is 14.7 Å². The molecule has 0 aliphatic carbocycles. The van der Waals surface area contributed by atoms with E-state index in [0.29, 0.717) is 25.8 Å². The number of amides is 1. The van der Waals surface area contributed by atoms with Crippen LogP contribution in [0.2, 0.25) is 0 Å². The van der Waals surface area contributed by atoms with Gasteiger partial charge in [0.1, 0.15) is 12.1 Å². The molecule has 1 aromatic heterocycles. The Bertz CT molecular complexity index is 739. The molecule has 8 heteroatoms. The molecule has 0 spiro atoms. The summed E-state index contributed by atoms with van der Waals surface area (Å²) >= 11 is 0. The molecular formula is C15H16N4O4. The molecule has 1 aliphatic rings. The number of pyridine rings is 1. The molecule has 0 fully saturated rings. The van der Waals surface area contributed by atoms with Gasteiger partial charge in [0, 0.05) is 32.0 Å². The molecule has 23 heavy (non-hydrogen) atoms.